The zero-order chi connectivity index (χ0) is 10.4. The predicted octanol–water partition coefficient (Wildman–Crippen LogP) is 3.27. The molecule has 0 aromatic heterocycles. The Morgan fingerprint density at radius 1 is 1.31 bits per heavy atom. The van der Waals surface area contributed by atoms with Crippen LogP contribution in [-0.4, -0.2) is 6.04 Å². The summed E-state index contributed by atoms with van der Waals surface area (Å²) in [5.41, 5.74) is 8.17. The first kappa shape index (κ1) is 12.4. The minimum absolute atomic E-state index is 0.316. The van der Waals surface area contributed by atoms with Gasteiger partial charge in [-0.15, -0.1) is 0 Å². The van der Waals surface area contributed by atoms with Crippen molar-refractivity contribution < 1.29 is 0 Å². The van der Waals surface area contributed by atoms with E-state index in [-0.39, 0.29) is 0 Å². The van der Waals surface area contributed by atoms with E-state index in [0.717, 1.165) is 30.4 Å². The van der Waals surface area contributed by atoms with Crippen LogP contribution >= 0.6 is 0 Å². The Kier molecular flexibility index (Phi) is 5.72. The first-order valence-electron chi connectivity index (χ1n) is 5.02. The van der Waals surface area contributed by atoms with Crippen LogP contribution in [0, 0.1) is 5.92 Å². The molecule has 1 heteroatoms. The molecular weight excluding hydrogens is 158 g/mol. The third kappa shape index (κ3) is 6.59. The van der Waals surface area contributed by atoms with Crippen molar-refractivity contribution in [3.05, 3.63) is 24.3 Å². The molecule has 2 N–H and O–H groups in total. The molecule has 0 aliphatic rings. The van der Waals surface area contributed by atoms with Gasteiger partial charge in [-0.3, -0.25) is 0 Å². The van der Waals surface area contributed by atoms with Crippen LogP contribution in [-0.2, 0) is 0 Å². The molecule has 0 saturated carbocycles. The fraction of sp³-hybridized carbons (Fsp3) is 0.667. The number of hydrogen-bond acceptors (Lipinski definition) is 1. The Labute approximate surface area is 82.7 Å². The summed E-state index contributed by atoms with van der Waals surface area (Å²) in [5.74, 6) is 0.688. The van der Waals surface area contributed by atoms with Gasteiger partial charge >= 0.3 is 0 Å². The second-order valence-electron chi connectivity index (χ2n) is 4.31. The zero-order valence-corrected chi connectivity index (χ0v) is 9.27. The Bertz CT molecular complexity index is 180. The van der Waals surface area contributed by atoms with Crippen molar-refractivity contribution in [3.8, 4) is 0 Å². The number of nitrogens with two attached hydrogens (primary N) is 1. The fourth-order valence-corrected chi connectivity index (χ4v) is 1.30. The smallest absolute Gasteiger partial charge is 0.00444 e. The largest absolute Gasteiger partial charge is 0.328 e. The minimum atomic E-state index is 0.316. The average Bonchev–Trinajstić information content (AvgIpc) is 1.98. The highest BCUT2D eigenvalue weighted by Gasteiger charge is 2.06. The normalized spacial score (nSPS) is 13.0. The van der Waals surface area contributed by atoms with Crippen molar-refractivity contribution >= 4 is 0 Å². The summed E-state index contributed by atoms with van der Waals surface area (Å²) in [6.07, 6.45) is 3.12. The number of rotatable bonds is 6. The molecular formula is C12H23N. The summed E-state index contributed by atoms with van der Waals surface area (Å²) in [7, 11) is 0. The third-order valence-electron chi connectivity index (χ3n) is 2.19. The quantitative estimate of drug-likeness (QED) is 0.625. The molecule has 76 valence electrons. The van der Waals surface area contributed by atoms with Crippen molar-refractivity contribution in [2.24, 2.45) is 11.7 Å². The van der Waals surface area contributed by atoms with Gasteiger partial charge in [0.25, 0.3) is 0 Å². The predicted molar refractivity (Wildman–Crippen MR) is 60.6 cm³/mol. The molecule has 0 bridgehead atoms. The molecule has 0 heterocycles. The highest BCUT2D eigenvalue weighted by Crippen LogP contribution is 2.15. The zero-order valence-electron chi connectivity index (χ0n) is 9.27. The average molecular weight is 181 g/mol. The fourth-order valence-electron chi connectivity index (χ4n) is 1.30. The Hall–Kier alpha value is -0.560. The van der Waals surface area contributed by atoms with Crippen LogP contribution < -0.4 is 5.73 Å². The van der Waals surface area contributed by atoms with Gasteiger partial charge in [0.05, 0.1) is 0 Å². The van der Waals surface area contributed by atoms with E-state index in [4.69, 9.17) is 5.73 Å². The van der Waals surface area contributed by atoms with Gasteiger partial charge < -0.3 is 5.73 Å². The summed E-state index contributed by atoms with van der Waals surface area (Å²) in [5, 5.41) is 0. The molecule has 0 aromatic rings. The molecule has 0 rings (SSSR count). The Morgan fingerprint density at radius 3 is 2.23 bits per heavy atom. The standard InChI is InChI=1S/C12H23N/c1-9(2)8-12(13)7-6-11(5)10(3)4/h9,12H,3,5-8,13H2,1-2,4H3. The molecule has 1 atom stereocenters. The van der Waals surface area contributed by atoms with Crippen LogP contribution in [0.15, 0.2) is 24.3 Å². The molecule has 1 nitrogen and oxygen atoms in total. The van der Waals surface area contributed by atoms with E-state index in [1.807, 2.05) is 6.92 Å². The van der Waals surface area contributed by atoms with E-state index in [0.29, 0.717) is 12.0 Å². The van der Waals surface area contributed by atoms with Gasteiger partial charge in [0.1, 0.15) is 0 Å². The first-order valence-corrected chi connectivity index (χ1v) is 5.02. The van der Waals surface area contributed by atoms with Crippen LogP contribution in [0.25, 0.3) is 0 Å². The molecule has 13 heavy (non-hydrogen) atoms. The van der Waals surface area contributed by atoms with Gasteiger partial charge in [-0.2, -0.15) is 0 Å². The van der Waals surface area contributed by atoms with E-state index >= 15 is 0 Å². The SMILES string of the molecule is C=C(C)C(=C)CCC(N)CC(C)C. The molecule has 0 amide bonds. The van der Waals surface area contributed by atoms with Crippen molar-refractivity contribution in [1.82, 2.24) is 0 Å². The van der Waals surface area contributed by atoms with E-state index in [2.05, 4.69) is 27.0 Å². The Morgan fingerprint density at radius 2 is 1.85 bits per heavy atom. The molecule has 0 aliphatic heterocycles. The summed E-state index contributed by atoms with van der Waals surface area (Å²) in [6.45, 7) is 14.2. The van der Waals surface area contributed by atoms with E-state index in [9.17, 15) is 0 Å². The van der Waals surface area contributed by atoms with Crippen molar-refractivity contribution in [2.45, 2.75) is 46.1 Å². The van der Waals surface area contributed by atoms with Crippen LogP contribution in [0.1, 0.15) is 40.0 Å². The Balaban J connectivity index is 3.64. The molecule has 0 fully saturated rings. The molecule has 0 radical (unpaired) electrons. The molecule has 0 saturated heterocycles. The number of allylic oxidation sites excluding steroid dienone is 2. The topological polar surface area (TPSA) is 26.0 Å². The second kappa shape index (κ2) is 5.98. The van der Waals surface area contributed by atoms with Crippen LogP contribution in [0.2, 0.25) is 0 Å². The highest BCUT2D eigenvalue weighted by molar-refractivity contribution is 5.22. The maximum atomic E-state index is 5.95. The van der Waals surface area contributed by atoms with Crippen molar-refractivity contribution in [1.29, 1.82) is 0 Å². The van der Waals surface area contributed by atoms with Crippen molar-refractivity contribution in [2.75, 3.05) is 0 Å². The van der Waals surface area contributed by atoms with E-state index in [1.165, 1.54) is 0 Å². The molecule has 0 aliphatic carbocycles. The van der Waals surface area contributed by atoms with Gasteiger partial charge in [-0.25, -0.2) is 0 Å². The molecule has 0 aromatic carbocycles. The summed E-state index contributed by atoms with van der Waals surface area (Å²) < 4.78 is 0. The maximum Gasteiger partial charge on any atom is 0.00444 e. The first-order chi connectivity index (χ1) is 5.93. The lowest BCUT2D eigenvalue weighted by Gasteiger charge is -2.14. The molecule has 0 spiro atoms. The second-order valence-corrected chi connectivity index (χ2v) is 4.31. The van der Waals surface area contributed by atoms with E-state index in [1.54, 1.807) is 0 Å². The van der Waals surface area contributed by atoms with Gasteiger partial charge in [0.2, 0.25) is 0 Å². The van der Waals surface area contributed by atoms with Gasteiger partial charge in [0.15, 0.2) is 0 Å². The van der Waals surface area contributed by atoms with Crippen molar-refractivity contribution in [3.63, 3.8) is 0 Å². The van der Waals surface area contributed by atoms with Gasteiger partial charge in [0, 0.05) is 6.04 Å². The highest BCUT2D eigenvalue weighted by atomic mass is 14.6. The molecule has 1 unspecified atom stereocenters. The lowest BCUT2D eigenvalue weighted by Crippen LogP contribution is -2.21. The third-order valence-corrected chi connectivity index (χ3v) is 2.19. The lowest BCUT2D eigenvalue weighted by atomic mass is 9.97. The summed E-state index contributed by atoms with van der Waals surface area (Å²) in [4.78, 5) is 0. The van der Waals surface area contributed by atoms with E-state index < -0.39 is 0 Å². The monoisotopic (exact) mass is 181 g/mol. The van der Waals surface area contributed by atoms with Gasteiger partial charge in [-0.1, -0.05) is 38.2 Å². The van der Waals surface area contributed by atoms with Crippen LogP contribution in [0.4, 0.5) is 0 Å². The van der Waals surface area contributed by atoms with Crippen LogP contribution in [0.3, 0.4) is 0 Å². The summed E-state index contributed by atoms with van der Waals surface area (Å²) in [6, 6.07) is 0.316. The van der Waals surface area contributed by atoms with Gasteiger partial charge in [-0.05, 0) is 32.1 Å². The van der Waals surface area contributed by atoms with Crippen LogP contribution in [0.5, 0.6) is 0 Å². The number of hydrogen-bond donors (Lipinski definition) is 1. The maximum absolute atomic E-state index is 5.95. The minimum Gasteiger partial charge on any atom is -0.328 e. The summed E-state index contributed by atoms with van der Waals surface area (Å²) >= 11 is 0. The lowest BCUT2D eigenvalue weighted by molar-refractivity contribution is 0.473.